The maximum atomic E-state index is 13.7. The van der Waals surface area contributed by atoms with Gasteiger partial charge in [-0.2, -0.15) is 0 Å². The molecule has 1 aromatic heterocycles. The van der Waals surface area contributed by atoms with Crippen LogP contribution in [0.25, 0.3) is 0 Å². The van der Waals surface area contributed by atoms with Crippen molar-refractivity contribution in [2.45, 2.75) is 39.8 Å². The summed E-state index contributed by atoms with van der Waals surface area (Å²) in [4.78, 5) is 34.9. The molecule has 0 aliphatic carbocycles. The molecule has 0 radical (unpaired) electrons. The summed E-state index contributed by atoms with van der Waals surface area (Å²) in [7, 11) is 0. The number of rotatable bonds is 10. The van der Waals surface area contributed by atoms with Gasteiger partial charge in [0.25, 0.3) is 0 Å². The molecule has 0 unspecified atom stereocenters. The summed E-state index contributed by atoms with van der Waals surface area (Å²) in [6.45, 7) is 8.03. The van der Waals surface area contributed by atoms with Crippen LogP contribution in [0.3, 0.4) is 0 Å². The zero-order chi connectivity index (χ0) is 26.2. The third-order valence-electron chi connectivity index (χ3n) is 6.58. The number of nitrogens with one attached hydrogen (secondary N) is 1. The number of urea groups is 1. The van der Waals surface area contributed by atoms with E-state index in [2.05, 4.69) is 10.2 Å². The van der Waals surface area contributed by atoms with Crippen LogP contribution in [0.5, 0.6) is 0 Å². The topological polar surface area (TPSA) is 55.9 Å². The van der Waals surface area contributed by atoms with E-state index >= 15 is 0 Å². The zero-order valence-corrected chi connectivity index (χ0v) is 22.4. The molecule has 1 aliphatic heterocycles. The van der Waals surface area contributed by atoms with Crippen LogP contribution in [0, 0.1) is 19.7 Å². The Labute approximate surface area is 222 Å². The van der Waals surface area contributed by atoms with Gasteiger partial charge >= 0.3 is 6.03 Å². The third-order valence-corrected chi connectivity index (χ3v) is 7.57. The van der Waals surface area contributed by atoms with Crippen LogP contribution in [-0.2, 0) is 17.9 Å². The number of hydrogen-bond acceptors (Lipinski definition) is 4. The Morgan fingerprint density at radius 2 is 1.62 bits per heavy atom. The standard InChI is InChI=1S/C29H35FN4O2S/c1-22-5-12-26(13-6-22)31-29(36)33(18-17-32-15-3-4-16-32)21-28(35)34(20-27-14-7-23(2)37-27)19-24-8-10-25(30)11-9-24/h5-14H,3-4,15-21H2,1-2H3,(H,31,36). The molecule has 1 fully saturated rings. The van der Waals surface area contributed by atoms with E-state index in [1.54, 1.807) is 33.3 Å². The van der Waals surface area contributed by atoms with E-state index in [-0.39, 0.29) is 24.3 Å². The first kappa shape index (κ1) is 26.8. The first-order chi connectivity index (χ1) is 17.9. The summed E-state index contributed by atoms with van der Waals surface area (Å²) in [5, 5.41) is 2.96. The van der Waals surface area contributed by atoms with Crippen LogP contribution in [0.1, 0.15) is 33.7 Å². The van der Waals surface area contributed by atoms with Gasteiger partial charge in [-0.25, -0.2) is 9.18 Å². The van der Waals surface area contributed by atoms with Gasteiger partial charge in [0.05, 0.1) is 6.54 Å². The highest BCUT2D eigenvalue weighted by molar-refractivity contribution is 7.11. The van der Waals surface area contributed by atoms with Gasteiger partial charge in [-0.15, -0.1) is 11.3 Å². The molecule has 0 saturated carbocycles. The molecule has 37 heavy (non-hydrogen) atoms. The minimum Gasteiger partial charge on any atom is -0.332 e. The van der Waals surface area contributed by atoms with Gasteiger partial charge in [0.2, 0.25) is 5.91 Å². The quantitative estimate of drug-likeness (QED) is 0.374. The number of carbonyl (C=O) groups excluding carboxylic acids is 2. The SMILES string of the molecule is Cc1ccc(NC(=O)N(CCN2CCCC2)CC(=O)N(Cc2ccc(F)cc2)Cc2ccc(C)s2)cc1. The molecule has 1 N–H and O–H groups in total. The molecular weight excluding hydrogens is 487 g/mol. The van der Waals surface area contributed by atoms with E-state index < -0.39 is 0 Å². The number of likely N-dealkylation sites (tertiary alicyclic amines) is 1. The van der Waals surface area contributed by atoms with Crippen molar-refractivity contribution in [3.05, 3.63) is 87.4 Å². The van der Waals surface area contributed by atoms with Crippen molar-refractivity contribution < 1.29 is 14.0 Å². The van der Waals surface area contributed by atoms with Gasteiger partial charge in [-0.1, -0.05) is 29.8 Å². The number of nitrogens with zero attached hydrogens (tertiary/aromatic N) is 3. The zero-order valence-electron chi connectivity index (χ0n) is 21.6. The second kappa shape index (κ2) is 12.8. The van der Waals surface area contributed by atoms with Crippen LogP contribution in [-0.4, -0.2) is 59.4 Å². The molecule has 8 heteroatoms. The molecule has 196 valence electrons. The molecule has 4 rings (SSSR count). The van der Waals surface area contributed by atoms with Crippen LogP contribution >= 0.6 is 11.3 Å². The summed E-state index contributed by atoms with van der Waals surface area (Å²) in [5.74, 6) is -0.452. The highest BCUT2D eigenvalue weighted by Gasteiger charge is 2.24. The molecule has 2 aromatic carbocycles. The van der Waals surface area contributed by atoms with Gasteiger partial charge < -0.3 is 20.0 Å². The van der Waals surface area contributed by atoms with Gasteiger partial charge in [0.15, 0.2) is 0 Å². The van der Waals surface area contributed by atoms with Crippen molar-refractivity contribution in [2.24, 2.45) is 0 Å². The van der Waals surface area contributed by atoms with Crippen molar-refractivity contribution in [1.29, 1.82) is 0 Å². The Balaban J connectivity index is 1.49. The van der Waals surface area contributed by atoms with E-state index in [4.69, 9.17) is 0 Å². The molecular formula is C29H35FN4O2S. The highest BCUT2D eigenvalue weighted by atomic mass is 32.1. The number of hydrogen-bond donors (Lipinski definition) is 1. The van der Waals surface area contributed by atoms with Crippen molar-refractivity contribution in [1.82, 2.24) is 14.7 Å². The fraction of sp³-hybridized carbons (Fsp3) is 0.379. The molecule has 1 aliphatic rings. The number of thiophene rings is 1. The molecule has 1 saturated heterocycles. The molecule has 2 heterocycles. The van der Waals surface area contributed by atoms with E-state index in [0.717, 1.165) is 35.6 Å². The Bertz CT molecular complexity index is 1170. The Kier molecular flexibility index (Phi) is 9.30. The fourth-order valence-electron chi connectivity index (χ4n) is 4.42. The Morgan fingerprint density at radius 1 is 0.919 bits per heavy atom. The summed E-state index contributed by atoms with van der Waals surface area (Å²) in [5.41, 5.74) is 2.65. The smallest absolute Gasteiger partial charge is 0.322 e. The number of halogens is 1. The van der Waals surface area contributed by atoms with Crippen LogP contribution < -0.4 is 5.32 Å². The lowest BCUT2D eigenvalue weighted by atomic mass is 10.2. The average Bonchev–Trinajstić information content (AvgIpc) is 3.55. The Morgan fingerprint density at radius 3 is 2.27 bits per heavy atom. The third kappa shape index (κ3) is 8.13. The molecule has 0 bridgehead atoms. The summed E-state index contributed by atoms with van der Waals surface area (Å²) < 4.78 is 13.5. The summed E-state index contributed by atoms with van der Waals surface area (Å²) >= 11 is 1.65. The van der Waals surface area contributed by atoms with E-state index in [1.807, 2.05) is 50.2 Å². The summed E-state index contributed by atoms with van der Waals surface area (Å²) in [6.07, 6.45) is 2.33. The van der Waals surface area contributed by atoms with Crippen molar-refractivity contribution in [2.75, 3.05) is 38.0 Å². The van der Waals surface area contributed by atoms with Crippen molar-refractivity contribution >= 4 is 29.0 Å². The molecule has 0 atom stereocenters. The fourth-order valence-corrected chi connectivity index (χ4v) is 5.33. The molecule has 3 aromatic rings. The number of benzene rings is 2. The average molecular weight is 523 g/mol. The lowest BCUT2D eigenvalue weighted by molar-refractivity contribution is -0.133. The Hall–Kier alpha value is -3.23. The molecule has 3 amide bonds. The van der Waals surface area contributed by atoms with E-state index in [9.17, 15) is 14.0 Å². The maximum Gasteiger partial charge on any atom is 0.322 e. The van der Waals surface area contributed by atoms with Crippen LogP contribution in [0.2, 0.25) is 0 Å². The van der Waals surface area contributed by atoms with Crippen molar-refractivity contribution in [3.63, 3.8) is 0 Å². The monoisotopic (exact) mass is 522 g/mol. The van der Waals surface area contributed by atoms with Gasteiger partial charge in [0, 0.05) is 35.1 Å². The van der Waals surface area contributed by atoms with Crippen molar-refractivity contribution in [3.8, 4) is 0 Å². The number of aryl methyl sites for hydroxylation is 2. The minimum atomic E-state index is -0.309. The van der Waals surface area contributed by atoms with Crippen LogP contribution in [0.15, 0.2) is 60.7 Å². The lowest BCUT2D eigenvalue weighted by Gasteiger charge is -2.29. The first-order valence-electron chi connectivity index (χ1n) is 12.8. The predicted molar refractivity (Wildman–Crippen MR) is 147 cm³/mol. The lowest BCUT2D eigenvalue weighted by Crippen LogP contribution is -2.46. The normalized spacial score (nSPS) is 13.5. The van der Waals surface area contributed by atoms with Gasteiger partial charge in [0.1, 0.15) is 12.4 Å². The van der Waals surface area contributed by atoms with Crippen LogP contribution in [0.4, 0.5) is 14.9 Å². The highest BCUT2D eigenvalue weighted by Crippen LogP contribution is 2.19. The maximum absolute atomic E-state index is 13.7. The second-order valence-electron chi connectivity index (χ2n) is 9.66. The summed E-state index contributed by atoms with van der Waals surface area (Å²) in [6, 6.07) is 17.6. The molecule has 0 spiro atoms. The predicted octanol–water partition coefficient (Wildman–Crippen LogP) is 5.66. The van der Waals surface area contributed by atoms with Gasteiger partial charge in [-0.3, -0.25) is 4.79 Å². The number of anilines is 1. The van der Waals surface area contributed by atoms with Gasteiger partial charge in [-0.05, 0) is 81.7 Å². The number of carbonyl (C=O) groups is 2. The number of amides is 3. The minimum absolute atomic E-state index is 0.0307. The second-order valence-corrected chi connectivity index (χ2v) is 11.0. The first-order valence-corrected chi connectivity index (χ1v) is 13.6. The van der Waals surface area contributed by atoms with E-state index in [0.29, 0.717) is 25.3 Å². The molecule has 6 nitrogen and oxygen atoms in total. The largest absolute Gasteiger partial charge is 0.332 e. The van der Waals surface area contributed by atoms with E-state index in [1.165, 1.54) is 29.9 Å².